The van der Waals surface area contributed by atoms with Gasteiger partial charge in [0.05, 0.1) is 6.42 Å². The summed E-state index contributed by atoms with van der Waals surface area (Å²) >= 11 is 0. The van der Waals surface area contributed by atoms with Crippen LogP contribution >= 0.6 is 0 Å². The van der Waals surface area contributed by atoms with Gasteiger partial charge in [-0.2, -0.15) is 0 Å². The third kappa shape index (κ3) is 2.56. The van der Waals surface area contributed by atoms with Crippen LogP contribution in [0, 0.1) is 6.92 Å². The van der Waals surface area contributed by atoms with Gasteiger partial charge in [-0.05, 0) is 31.5 Å². The van der Waals surface area contributed by atoms with Gasteiger partial charge in [0.25, 0.3) is 0 Å². The lowest BCUT2D eigenvalue weighted by Crippen LogP contribution is -2.03. The van der Waals surface area contributed by atoms with Crippen LogP contribution in [-0.2, 0) is 11.2 Å². The lowest BCUT2D eigenvalue weighted by atomic mass is 10.0. The molecule has 0 saturated carbocycles. The average molecular weight is 208 g/mol. The Morgan fingerprint density at radius 1 is 1.33 bits per heavy atom. The van der Waals surface area contributed by atoms with Crippen molar-refractivity contribution in [3.8, 4) is 5.75 Å². The van der Waals surface area contributed by atoms with E-state index in [0.29, 0.717) is 11.1 Å². The number of aromatic hydroxyl groups is 1. The quantitative estimate of drug-likeness (QED) is 0.738. The third-order valence-electron chi connectivity index (χ3n) is 2.13. The molecule has 0 radical (unpaired) electrons. The molecule has 0 amide bonds. The van der Waals surface area contributed by atoms with Crippen molar-refractivity contribution in [1.29, 1.82) is 0 Å². The maximum absolute atomic E-state index is 11.1. The molecule has 0 atom stereocenters. The normalized spacial score (nSPS) is 10.0. The highest BCUT2D eigenvalue weighted by Crippen LogP contribution is 2.24. The summed E-state index contributed by atoms with van der Waals surface area (Å²) < 4.78 is 0. The highest BCUT2D eigenvalue weighted by Gasteiger charge is 2.12. The van der Waals surface area contributed by atoms with Crippen molar-refractivity contribution in [2.45, 2.75) is 20.3 Å². The van der Waals surface area contributed by atoms with Crippen molar-refractivity contribution in [1.82, 2.24) is 0 Å². The van der Waals surface area contributed by atoms with E-state index in [4.69, 9.17) is 5.11 Å². The molecule has 0 aliphatic rings. The molecule has 4 nitrogen and oxygen atoms in total. The Balaban J connectivity index is 3.24. The van der Waals surface area contributed by atoms with E-state index in [-0.39, 0.29) is 23.5 Å². The minimum absolute atomic E-state index is 0.0533. The summed E-state index contributed by atoms with van der Waals surface area (Å²) in [6, 6.07) is 2.96. The average Bonchev–Trinajstić information content (AvgIpc) is 2.11. The van der Waals surface area contributed by atoms with Crippen LogP contribution in [0.4, 0.5) is 0 Å². The van der Waals surface area contributed by atoms with Crippen molar-refractivity contribution in [3.63, 3.8) is 0 Å². The maximum atomic E-state index is 11.1. The summed E-state index contributed by atoms with van der Waals surface area (Å²) in [5, 5.41) is 18.2. The number of carboxylic acids is 1. The molecule has 1 aromatic carbocycles. The zero-order chi connectivity index (χ0) is 11.6. The molecule has 0 aromatic heterocycles. The zero-order valence-electron chi connectivity index (χ0n) is 8.57. The standard InChI is InChI=1S/C11H12O4/c1-6-3-8(7(2)12)4-9(11(6)15)5-10(13)14/h3-4,15H,5H2,1-2H3,(H,13,14). The summed E-state index contributed by atoms with van der Waals surface area (Å²) in [6.45, 7) is 3.03. The first-order valence-electron chi connectivity index (χ1n) is 4.47. The number of hydrogen-bond acceptors (Lipinski definition) is 3. The molecular formula is C11H12O4. The predicted molar refractivity (Wildman–Crippen MR) is 54.2 cm³/mol. The number of aliphatic carboxylic acids is 1. The van der Waals surface area contributed by atoms with Gasteiger partial charge in [-0.15, -0.1) is 0 Å². The van der Waals surface area contributed by atoms with E-state index in [1.165, 1.54) is 13.0 Å². The SMILES string of the molecule is CC(=O)c1cc(C)c(O)c(CC(=O)O)c1. The van der Waals surface area contributed by atoms with Crippen LogP contribution in [0.5, 0.6) is 5.75 Å². The number of hydrogen-bond donors (Lipinski definition) is 2. The van der Waals surface area contributed by atoms with E-state index in [1.54, 1.807) is 13.0 Å². The van der Waals surface area contributed by atoms with Crippen LogP contribution in [0.2, 0.25) is 0 Å². The molecule has 2 N–H and O–H groups in total. The van der Waals surface area contributed by atoms with Crippen molar-refractivity contribution >= 4 is 11.8 Å². The van der Waals surface area contributed by atoms with Gasteiger partial charge in [0, 0.05) is 11.1 Å². The number of phenols is 1. The number of phenolic OH excluding ortho intramolecular Hbond substituents is 1. The molecular weight excluding hydrogens is 196 g/mol. The molecule has 0 saturated heterocycles. The molecule has 0 bridgehead atoms. The minimum Gasteiger partial charge on any atom is -0.507 e. The summed E-state index contributed by atoms with van der Waals surface area (Å²) in [5.41, 5.74) is 1.20. The third-order valence-corrected chi connectivity index (χ3v) is 2.13. The van der Waals surface area contributed by atoms with Crippen molar-refractivity contribution in [3.05, 3.63) is 28.8 Å². The van der Waals surface area contributed by atoms with E-state index in [9.17, 15) is 14.7 Å². The van der Waals surface area contributed by atoms with Crippen LogP contribution in [0.25, 0.3) is 0 Å². The molecule has 0 spiro atoms. The van der Waals surface area contributed by atoms with Gasteiger partial charge in [0.2, 0.25) is 0 Å². The number of aryl methyl sites for hydroxylation is 1. The highest BCUT2D eigenvalue weighted by molar-refractivity contribution is 5.95. The summed E-state index contributed by atoms with van der Waals surface area (Å²) in [4.78, 5) is 21.6. The van der Waals surface area contributed by atoms with Crippen LogP contribution in [0.15, 0.2) is 12.1 Å². The predicted octanol–water partition coefficient (Wildman–Crippen LogP) is 1.53. The topological polar surface area (TPSA) is 74.6 Å². The summed E-state index contributed by atoms with van der Waals surface area (Å²) in [7, 11) is 0. The Kier molecular flexibility index (Phi) is 3.09. The molecule has 0 fully saturated rings. The van der Waals surface area contributed by atoms with Gasteiger partial charge >= 0.3 is 5.97 Å². The molecule has 0 heterocycles. The monoisotopic (exact) mass is 208 g/mol. The van der Waals surface area contributed by atoms with E-state index >= 15 is 0 Å². The number of carbonyl (C=O) groups is 2. The lowest BCUT2D eigenvalue weighted by Gasteiger charge is -2.07. The number of benzene rings is 1. The van der Waals surface area contributed by atoms with Gasteiger partial charge in [-0.3, -0.25) is 9.59 Å². The van der Waals surface area contributed by atoms with Crippen LogP contribution in [0.1, 0.15) is 28.4 Å². The fourth-order valence-electron chi connectivity index (χ4n) is 1.35. The van der Waals surface area contributed by atoms with Crippen LogP contribution in [-0.4, -0.2) is 22.0 Å². The van der Waals surface area contributed by atoms with Gasteiger partial charge < -0.3 is 10.2 Å². The largest absolute Gasteiger partial charge is 0.507 e. The Hall–Kier alpha value is -1.84. The number of carbonyl (C=O) groups excluding carboxylic acids is 1. The van der Waals surface area contributed by atoms with E-state index < -0.39 is 5.97 Å². The second-order valence-corrected chi connectivity index (χ2v) is 3.43. The summed E-state index contributed by atoms with van der Waals surface area (Å²) in [6.07, 6.45) is -0.284. The highest BCUT2D eigenvalue weighted by atomic mass is 16.4. The Morgan fingerprint density at radius 2 is 1.93 bits per heavy atom. The molecule has 0 aliphatic carbocycles. The molecule has 4 heteroatoms. The first-order valence-corrected chi connectivity index (χ1v) is 4.47. The Morgan fingerprint density at radius 3 is 2.40 bits per heavy atom. The molecule has 1 aromatic rings. The summed E-state index contributed by atoms with van der Waals surface area (Å²) in [5.74, 6) is -1.24. The van der Waals surface area contributed by atoms with Gasteiger partial charge in [0.1, 0.15) is 5.75 Å². The van der Waals surface area contributed by atoms with Gasteiger partial charge in [-0.25, -0.2) is 0 Å². The first kappa shape index (κ1) is 11.2. The van der Waals surface area contributed by atoms with Crippen LogP contribution in [0.3, 0.4) is 0 Å². The van der Waals surface area contributed by atoms with E-state index in [0.717, 1.165) is 0 Å². The zero-order valence-corrected chi connectivity index (χ0v) is 8.57. The number of Topliss-reactive ketones (excluding diaryl/α,β-unsaturated/α-hetero) is 1. The molecule has 1 rings (SSSR count). The molecule has 0 unspecified atom stereocenters. The lowest BCUT2D eigenvalue weighted by molar-refractivity contribution is -0.136. The number of rotatable bonds is 3. The minimum atomic E-state index is -1.04. The Bertz CT molecular complexity index is 421. The fraction of sp³-hybridized carbons (Fsp3) is 0.273. The number of carboxylic acid groups (broad SMARTS) is 1. The van der Waals surface area contributed by atoms with Crippen molar-refractivity contribution in [2.75, 3.05) is 0 Å². The van der Waals surface area contributed by atoms with Crippen molar-refractivity contribution < 1.29 is 19.8 Å². The first-order chi connectivity index (χ1) is 6.91. The molecule has 80 valence electrons. The number of ketones is 1. The van der Waals surface area contributed by atoms with E-state index in [1.807, 2.05) is 0 Å². The second kappa shape index (κ2) is 4.13. The van der Waals surface area contributed by atoms with E-state index in [2.05, 4.69) is 0 Å². The molecule has 15 heavy (non-hydrogen) atoms. The van der Waals surface area contributed by atoms with Gasteiger partial charge in [-0.1, -0.05) is 0 Å². The fourth-order valence-corrected chi connectivity index (χ4v) is 1.35. The smallest absolute Gasteiger partial charge is 0.307 e. The Labute approximate surface area is 87.2 Å². The van der Waals surface area contributed by atoms with Crippen molar-refractivity contribution in [2.24, 2.45) is 0 Å². The maximum Gasteiger partial charge on any atom is 0.307 e. The van der Waals surface area contributed by atoms with Crippen LogP contribution < -0.4 is 0 Å². The van der Waals surface area contributed by atoms with Gasteiger partial charge in [0.15, 0.2) is 5.78 Å². The molecule has 0 aliphatic heterocycles. The second-order valence-electron chi connectivity index (χ2n) is 3.43.